The van der Waals surface area contributed by atoms with E-state index in [0.29, 0.717) is 19.3 Å². The van der Waals surface area contributed by atoms with Gasteiger partial charge in [0, 0.05) is 19.3 Å². The van der Waals surface area contributed by atoms with Crippen LogP contribution in [0.5, 0.6) is 0 Å². The Morgan fingerprint density at radius 3 is 1.21 bits per heavy atom. The van der Waals surface area contributed by atoms with Crippen LogP contribution in [0.1, 0.15) is 201 Å². The van der Waals surface area contributed by atoms with Crippen LogP contribution >= 0.6 is 0 Å². The summed E-state index contributed by atoms with van der Waals surface area (Å²) in [6.07, 6.45) is 49.5. The van der Waals surface area contributed by atoms with Crippen LogP contribution in [0.4, 0.5) is 0 Å². The lowest BCUT2D eigenvalue weighted by Crippen LogP contribution is -2.30. The summed E-state index contributed by atoms with van der Waals surface area (Å²) < 4.78 is 16.5. The molecule has 0 radical (unpaired) electrons. The van der Waals surface area contributed by atoms with E-state index in [4.69, 9.17) is 14.2 Å². The van der Waals surface area contributed by atoms with Gasteiger partial charge in [-0.2, -0.15) is 0 Å². The molecule has 0 saturated heterocycles. The summed E-state index contributed by atoms with van der Waals surface area (Å²) in [4.78, 5) is 37.4. The summed E-state index contributed by atoms with van der Waals surface area (Å²) in [6, 6.07) is 0. The molecule has 0 aliphatic rings. The van der Waals surface area contributed by atoms with Crippen LogP contribution < -0.4 is 0 Å². The molecule has 53 heavy (non-hydrogen) atoms. The molecule has 0 amide bonds. The molecular formula is C47H80O6. The summed E-state index contributed by atoms with van der Waals surface area (Å²) in [7, 11) is 0. The van der Waals surface area contributed by atoms with E-state index in [2.05, 4.69) is 81.5 Å². The van der Waals surface area contributed by atoms with Crippen LogP contribution in [0.2, 0.25) is 0 Å². The van der Waals surface area contributed by atoms with E-state index in [1.54, 1.807) is 0 Å². The third-order valence-electron chi connectivity index (χ3n) is 9.01. The summed E-state index contributed by atoms with van der Waals surface area (Å²) in [5, 5.41) is 0. The first-order valence-corrected chi connectivity index (χ1v) is 21.8. The van der Waals surface area contributed by atoms with E-state index in [-0.39, 0.29) is 31.1 Å². The number of allylic oxidation sites excluding steroid dienone is 10. The molecular weight excluding hydrogens is 661 g/mol. The minimum Gasteiger partial charge on any atom is -0.462 e. The van der Waals surface area contributed by atoms with Crippen molar-refractivity contribution < 1.29 is 28.6 Å². The van der Waals surface area contributed by atoms with Gasteiger partial charge in [-0.1, -0.05) is 159 Å². The maximum atomic E-state index is 12.6. The normalized spacial score (nSPS) is 12.6. The molecule has 0 aliphatic carbocycles. The molecule has 304 valence electrons. The van der Waals surface area contributed by atoms with Gasteiger partial charge in [0.2, 0.25) is 0 Å². The summed E-state index contributed by atoms with van der Waals surface area (Å²) in [5.74, 6) is -0.947. The smallest absolute Gasteiger partial charge is 0.306 e. The Kier molecular flexibility index (Phi) is 39.6. The van der Waals surface area contributed by atoms with Crippen molar-refractivity contribution in [3.8, 4) is 0 Å². The van der Waals surface area contributed by atoms with Gasteiger partial charge in [-0.25, -0.2) is 0 Å². The van der Waals surface area contributed by atoms with Gasteiger partial charge in [-0.15, -0.1) is 0 Å². The Labute approximate surface area is 326 Å². The summed E-state index contributed by atoms with van der Waals surface area (Å²) >= 11 is 0. The molecule has 0 heterocycles. The van der Waals surface area contributed by atoms with Crippen molar-refractivity contribution >= 4 is 17.9 Å². The lowest BCUT2D eigenvalue weighted by atomic mass is 10.1. The van der Waals surface area contributed by atoms with Gasteiger partial charge in [-0.3, -0.25) is 14.4 Å². The van der Waals surface area contributed by atoms with E-state index in [1.807, 2.05) is 0 Å². The van der Waals surface area contributed by atoms with Crippen molar-refractivity contribution in [1.29, 1.82) is 0 Å². The van der Waals surface area contributed by atoms with Gasteiger partial charge in [0.25, 0.3) is 0 Å². The predicted octanol–water partition coefficient (Wildman–Crippen LogP) is 13.7. The molecule has 0 saturated carbocycles. The molecule has 0 N–H and O–H groups in total. The Morgan fingerprint density at radius 1 is 0.396 bits per heavy atom. The quantitative estimate of drug-likeness (QED) is 0.0271. The molecule has 1 atom stereocenters. The number of carbonyl (C=O) groups is 3. The number of esters is 3. The second-order valence-electron chi connectivity index (χ2n) is 14.2. The average Bonchev–Trinajstić information content (AvgIpc) is 3.15. The number of ether oxygens (including phenoxy) is 3. The number of unbranched alkanes of at least 4 members (excludes halogenated alkanes) is 17. The molecule has 0 aromatic heterocycles. The Bertz CT molecular complexity index is 991. The van der Waals surface area contributed by atoms with Crippen molar-refractivity contribution in [2.75, 3.05) is 13.2 Å². The lowest BCUT2D eigenvalue weighted by Gasteiger charge is -2.18. The number of rotatable bonds is 38. The second kappa shape index (κ2) is 41.9. The van der Waals surface area contributed by atoms with E-state index in [9.17, 15) is 14.4 Å². The summed E-state index contributed by atoms with van der Waals surface area (Å²) in [5.41, 5.74) is 0. The standard InChI is InChI=1S/C47H80O6/c1-4-7-10-13-15-17-19-21-22-23-24-26-27-29-31-34-37-40-46(49)52-43-44(42-51-45(48)39-36-33-12-9-6-3)53-47(50)41-38-35-32-30-28-25-20-18-16-14-11-8-5-2/h8,11,15-18,21-22,25,28,44H,4-7,9-10,12-14,19-20,23-24,26-27,29-43H2,1-3H3/b11-8-,17-15-,18-16-,22-21-,28-25-. The Balaban J connectivity index is 4.29. The predicted molar refractivity (Wildman–Crippen MR) is 224 cm³/mol. The van der Waals surface area contributed by atoms with E-state index in [1.165, 1.54) is 57.8 Å². The fourth-order valence-corrected chi connectivity index (χ4v) is 5.72. The third-order valence-corrected chi connectivity index (χ3v) is 9.01. The van der Waals surface area contributed by atoms with Gasteiger partial charge in [0.05, 0.1) is 0 Å². The highest BCUT2D eigenvalue weighted by Gasteiger charge is 2.19. The molecule has 6 heteroatoms. The van der Waals surface area contributed by atoms with Gasteiger partial charge in [0.1, 0.15) is 13.2 Å². The van der Waals surface area contributed by atoms with Crippen LogP contribution in [0.15, 0.2) is 60.8 Å². The zero-order chi connectivity index (χ0) is 38.7. The topological polar surface area (TPSA) is 78.9 Å². The Hall–Kier alpha value is -2.89. The van der Waals surface area contributed by atoms with E-state index >= 15 is 0 Å². The molecule has 6 nitrogen and oxygen atoms in total. The third kappa shape index (κ3) is 40.1. The number of hydrogen-bond acceptors (Lipinski definition) is 6. The van der Waals surface area contributed by atoms with Gasteiger partial charge in [0.15, 0.2) is 6.10 Å². The minimum absolute atomic E-state index is 0.0904. The highest BCUT2D eigenvalue weighted by Crippen LogP contribution is 2.12. The van der Waals surface area contributed by atoms with E-state index < -0.39 is 6.10 Å². The zero-order valence-electron chi connectivity index (χ0n) is 34.5. The van der Waals surface area contributed by atoms with Crippen molar-refractivity contribution in [2.24, 2.45) is 0 Å². The first-order valence-electron chi connectivity index (χ1n) is 21.8. The van der Waals surface area contributed by atoms with Gasteiger partial charge < -0.3 is 14.2 Å². The molecule has 0 aromatic rings. The Morgan fingerprint density at radius 2 is 0.736 bits per heavy atom. The lowest BCUT2D eigenvalue weighted by molar-refractivity contribution is -0.167. The fourth-order valence-electron chi connectivity index (χ4n) is 5.72. The van der Waals surface area contributed by atoms with Crippen LogP contribution in [-0.4, -0.2) is 37.2 Å². The van der Waals surface area contributed by atoms with Crippen LogP contribution in [0.3, 0.4) is 0 Å². The van der Waals surface area contributed by atoms with Crippen LogP contribution in [0.25, 0.3) is 0 Å². The number of carbonyl (C=O) groups excluding carboxylic acids is 3. The molecule has 0 aromatic carbocycles. The van der Waals surface area contributed by atoms with Crippen molar-refractivity contribution in [3.05, 3.63) is 60.8 Å². The maximum absolute atomic E-state index is 12.6. The first-order chi connectivity index (χ1) is 26.0. The maximum Gasteiger partial charge on any atom is 0.306 e. The minimum atomic E-state index is -0.786. The molecule has 1 unspecified atom stereocenters. The van der Waals surface area contributed by atoms with Gasteiger partial charge >= 0.3 is 17.9 Å². The first kappa shape index (κ1) is 50.1. The highest BCUT2D eigenvalue weighted by atomic mass is 16.6. The molecule has 0 aliphatic heterocycles. The molecule has 0 bridgehead atoms. The molecule has 0 fully saturated rings. The van der Waals surface area contributed by atoms with Crippen LogP contribution in [-0.2, 0) is 28.6 Å². The SMILES string of the molecule is CC/C=C\C/C=C\C/C=C\CCCCCC(=O)OC(COC(=O)CCCCCCC)COC(=O)CCCCCCCCC/C=C\C/C=C\CCCCC. The van der Waals surface area contributed by atoms with Crippen LogP contribution in [0, 0.1) is 0 Å². The average molecular weight is 741 g/mol. The molecule has 0 spiro atoms. The van der Waals surface area contributed by atoms with Gasteiger partial charge in [-0.05, 0) is 83.5 Å². The largest absolute Gasteiger partial charge is 0.462 e. The van der Waals surface area contributed by atoms with Crippen molar-refractivity contribution in [2.45, 2.75) is 207 Å². The van der Waals surface area contributed by atoms with Crippen molar-refractivity contribution in [3.63, 3.8) is 0 Å². The highest BCUT2D eigenvalue weighted by molar-refractivity contribution is 5.71. The molecule has 0 rings (SSSR count). The summed E-state index contributed by atoms with van der Waals surface area (Å²) in [6.45, 7) is 6.36. The van der Waals surface area contributed by atoms with E-state index in [0.717, 1.165) is 103 Å². The zero-order valence-corrected chi connectivity index (χ0v) is 34.5. The monoisotopic (exact) mass is 741 g/mol. The fraction of sp³-hybridized carbons (Fsp3) is 0.723. The number of hydrogen-bond donors (Lipinski definition) is 0. The second-order valence-corrected chi connectivity index (χ2v) is 14.2. The van der Waals surface area contributed by atoms with Crippen molar-refractivity contribution in [1.82, 2.24) is 0 Å².